The topological polar surface area (TPSA) is 44.8 Å². The van der Waals surface area contributed by atoms with Gasteiger partial charge < -0.3 is 19.9 Å². The van der Waals surface area contributed by atoms with Crippen LogP contribution in [-0.4, -0.2) is 61.6 Å². The third-order valence-corrected chi connectivity index (χ3v) is 7.22. The molecule has 3 heterocycles. The summed E-state index contributed by atoms with van der Waals surface area (Å²) in [5.41, 5.74) is 3.62. The van der Waals surface area contributed by atoms with Crippen LogP contribution < -0.4 is 10.1 Å². The lowest BCUT2D eigenvalue weighted by atomic mass is 10.0. The average Bonchev–Trinajstić information content (AvgIpc) is 3.42. The molecule has 4 rings (SSSR count). The maximum absolute atomic E-state index is 13.1. The normalized spacial score (nSPS) is 19.1. The van der Waals surface area contributed by atoms with E-state index in [-0.39, 0.29) is 11.9 Å². The van der Waals surface area contributed by atoms with E-state index in [4.69, 9.17) is 4.74 Å². The highest BCUT2D eigenvalue weighted by Crippen LogP contribution is 2.34. The lowest BCUT2D eigenvalue weighted by Crippen LogP contribution is -2.46. The van der Waals surface area contributed by atoms with E-state index in [1.165, 1.54) is 41.9 Å². The van der Waals surface area contributed by atoms with E-state index < -0.39 is 0 Å². The summed E-state index contributed by atoms with van der Waals surface area (Å²) in [7, 11) is 0. The molecule has 0 bridgehead atoms. The Bertz CT molecular complexity index is 860. The Morgan fingerprint density at radius 2 is 2.03 bits per heavy atom. The molecule has 1 N–H and O–H groups in total. The van der Waals surface area contributed by atoms with Crippen molar-refractivity contribution >= 4 is 17.2 Å². The molecule has 1 fully saturated rings. The summed E-state index contributed by atoms with van der Waals surface area (Å²) < 4.78 is 6.21. The van der Waals surface area contributed by atoms with Crippen LogP contribution in [0.5, 0.6) is 5.75 Å². The number of ether oxygens (including phenoxy) is 1. The smallest absolute Gasteiger partial charge is 0.237 e. The Morgan fingerprint density at radius 3 is 2.83 bits per heavy atom. The number of nitrogens with one attached hydrogen (secondary N) is 1. The molecule has 162 valence electrons. The van der Waals surface area contributed by atoms with Gasteiger partial charge in [-0.05, 0) is 74.8 Å². The number of nitrogens with zero attached hydrogens (tertiary/aromatic N) is 2. The van der Waals surface area contributed by atoms with Gasteiger partial charge in [-0.1, -0.05) is 17.7 Å². The van der Waals surface area contributed by atoms with Gasteiger partial charge in [0.2, 0.25) is 5.91 Å². The van der Waals surface area contributed by atoms with Gasteiger partial charge in [-0.3, -0.25) is 4.79 Å². The highest BCUT2D eigenvalue weighted by molar-refractivity contribution is 7.10. The molecule has 0 saturated carbocycles. The first kappa shape index (κ1) is 21.3. The van der Waals surface area contributed by atoms with Crippen molar-refractivity contribution in [3.63, 3.8) is 0 Å². The number of thiophene rings is 1. The fourth-order valence-corrected chi connectivity index (χ4v) is 5.47. The third kappa shape index (κ3) is 5.05. The van der Waals surface area contributed by atoms with Crippen molar-refractivity contribution in [1.29, 1.82) is 0 Å². The Hall–Kier alpha value is -1.89. The zero-order valence-corrected chi connectivity index (χ0v) is 19.0. The number of fused-ring (bicyclic) bond motifs is 1. The number of aryl methyl sites for hydroxylation is 2. The second-order valence-electron chi connectivity index (χ2n) is 8.46. The quantitative estimate of drug-likeness (QED) is 0.655. The van der Waals surface area contributed by atoms with Gasteiger partial charge in [0, 0.05) is 24.5 Å². The van der Waals surface area contributed by atoms with Crippen molar-refractivity contribution in [3.8, 4) is 5.75 Å². The molecule has 2 aromatic rings. The van der Waals surface area contributed by atoms with E-state index >= 15 is 0 Å². The van der Waals surface area contributed by atoms with Gasteiger partial charge in [-0.2, -0.15) is 0 Å². The number of rotatable bonds is 8. The largest absolute Gasteiger partial charge is 0.491 e. The van der Waals surface area contributed by atoms with Crippen LogP contribution in [0, 0.1) is 13.8 Å². The Labute approximate surface area is 184 Å². The van der Waals surface area contributed by atoms with Gasteiger partial charge >= 0.3 is 0 Å². The van der Waals surface area contributed by atoms with Crippen LogP contribution in [-0.2, 0) is 11.2 Å². The van der Waals surface area contributed by atoms with Gasteiger partial charge in [0.25, 0.3) is 0 Å². The average molecular weight is 428 g/mol. The summed E-state index contributed by atoms with van der Waals surface area (Å²) in [5.74, 6) is 1.07. The summed E-state index contributed by atoms with van der Waals surface area (Å²) in [4.78, 5) is 18.9. The predicted molar refractivity (Wildman–Crippen MR) is 122 cm³/mol. The Balaban J connectivity index is 1.37. The first-order chi connectivity index (χ1) is 14.6. The SMILES string of the molecule is Cc1ccc(OCC2c3ccsc3CCN2C(=O)CNCCN2CCCC2)c(C)c1. The number of carbonyl (C=O) groups is 1. The molecule has 1 atom stereocenters. The highest BCUT2D eigenvalue weighted by atomic mass is 32.1. The lowest BCUT2D eigenvalue weighted by Gasteiger charge is -2.36. The summed E-state index contributed by atoms with van der Waals surface area (Å²) in [6.45, 7) is 10.1. The zero-order chi connectivity index (χ0) is 20.9. The first-order valence-corrected chi connectivity index (χ1v) is 12.0. The molecule has 1 saturated heterocycles. The summed E-state index contributed by atoms with van der Waals surface area (Å²) in [6, 6.07) is 8.39. The van der Waals surface area contributed by atoms with Crippen molar-refractivity contribution in [2.45, 2.75) is 39.2 Å². The van der Waals surface area contributed by atoms with Gasteiger partial charge in [0.15, 0.2) is 0 Å². The molecular formula is C24H33N3O2S. The maximum atomic E-state index is 13.1. The molecule has 1 amide bonds. The van der Waals surface area contributed by atoms with Gasteiger partial charge in [0.05, 0.1) is 12.6 Å². The molecule has 30 heavy (non-hydrogen) atoms. The van der Waals surface area contributed by atoms with E-state index in [2.05, 4.69) is 47.6 Å². The fourth-order valence-electron chi connectivity index (χ4n) is 4.54. The van der Waals surface area contributed by atoms with E-state index in [0.29, 0.717) is 13.2 Å². The van der Waals surface area contributed by atoms with Crippen molar-refractivity contribution in [2.75, 3.05) is 45.9 Å². The summed E-state index contributed by atoms with van der Waals surface area (Å²) in [5, 5.41) is 5.50. The van der Waals surface area contributed by atoms with Crippen LogP contribution in [0.25, 0.3) is 0 Å². The van der Waals surface area contributed by atoms with Crippen LogP contribution in [0.2, 0.25) is 0 Å². The molecule has 0 spiro atoms. The van der Waals surface area contributed by atoms with Crippen LogP contribution in [0.4, 0.5) is 0 Å². The Morgan fingerprint density at radius 1 is 1.20 bits per heavy atom. The van der Waals surface area contributed by atoms with Crippen LogP contribution in [0.1, 0.15) is 40.5 Å². The minimum absolute atomic E-state index is 0.0198. The number of benzene rings is 1. The fraction of sp³-hybridized carbons (Fsp3) is 0.542. The van der Waals surface area contributed by atoms with E-state index in [9.17, 15) is 4.79 Å². The van der Waals surface area contributed by atoms with Crippen LogP contribution >= 0.6 is 11.3 Å². The number of amides is 1. The third-order valence-electron chi connectivity index (χ3n) is 6.22. The van der Waals surface area contributed by atoms with Crippen molar-refractivity contribution in [2.24, 2.45) is 0 Å². The number of carbonyl (C=O) groups excluding carboxylic acids is 1. The molecule has 2 aliphatic rings. The Kier molecular flexibility index (Phi) is 7.08. The predicted octanol–water partition coefficient (Wildman–Crippen LogP) is 3.56. The monoisotopic (exact) mass is 427 g/mol. The van der Waals surface area contributed by atoms with Gasteiger partial charge in [0.1, 0.15) is 12.4 Å². The molecule has 1 unspecified atom stereocenters. The maximum Gasteiger partial charge on any atom is 0.237 e. The molecule has 0 aliphatic carbocycles. The van der Waals surface area contributed by atoms with Crippen LogP contribution in [0.3, 0.4) is 0 Å². The summed E-state index contributed by atoms with van der Waals surface area (Å²) >= 11 is 1.79. The molecule has 1 aromatic heterocycles. The minimum atomic E-state index is -0.0198. The standard InChI is InChI=1S/C24H33N3O2S/c1-18-5-6-22(19(2)15-18)29-17-21-20-8-14-30-23(20)7-12-27(21)24(28)16-25-9-13-26-10-3-4-11-26/h5-6,8,14-15,21,25H,3-4,7,9-13,16-17H2,1-2H3. The highest BCUT2D eigenvalue weighted by Gasteiger charge is 2.32. The van der Waals surface area contributed by atoms with E-state index in [1.54, 1.807) is 11.3 Å². The molecule has 1 aromatic carbocycles. The second-order valence-corrected chi connectivity index (χ2v) is 9.46. The molecule has 2 aliphatic heterocycles. The van der Waals surface area contributed by atoms with Crippen LogP contribution in [0.15, 0.2) is 29.6 Å². The first-order valence-electron chi connectivity index (χ1n) is 11.1. The number of likely N-dealkylation sites (tertiary alicyclic amines) is 1. The molecular weight excluding hydrogens is 394 g/mol. The lowest BCUT2D eigenvalue weighted by molar-refractivity contribution is -0.133. The minimum Gasteiger partial charge on any atom is -0.491 e. The summed E-state index contributed by atoms with van der Waals surface area (Å²) in [6.07, 6.45) is 3.54. The zero-order valence-electron chi connectivity index (χ0n) is 18.2. The molecule has 6 heteroatoms. The van der Waals surface area contributed by atoms with E-state index in [1.807, 2.05) is 11.0 Å². The van der Waals surface area contributed by atoms with Crippen molar-refractivity contribution in [1.82, 2.24) is 15.1 Å². The van der Waals surface area contributed by atoms with Gasteiger partial charge in [-0.15, -0.1) is 11.3 Å². The number of hydrogen-bond acceptors (Lipinski definition) is 5. The van der Waals surface area contributed by atoms with E-state index in [0.717, 1.165) is 37.4 Å². The van der Waals surface area contributed by atoms with Crippen molar-refractivity contribution < 1.29 is 9.53 Å². The molecule has 0 radical (unpaired) electrons. The molecule has 5 nitrogen and oxygen atoms in total. The second kappa shape index (κ2) is 9.94. The van der Waals surface area contributed by atoms with Crippen molar-refractivity contribution in [3.05, 3.63) is 51.2 Å². The van der Waals surface area contributed by atoms with Gasteiger partial charge in [-0.25, -0.2) is 0 Å². The number of hydrogen-bond donors (Lipinski definition) is 1.